The number of pyridine rings is 1. The minimum atomic E-state index is -3.65. The molecular formula is C13H15ClN2O4S. The van der Waals surface area contributed by atoms with Crippen LogP contribution in [0.15, 0.2) is 35.2 Å². The van der Waals surface area contributed by atoms with Crippen LogP contribution >= 0.6 is 11.6 Å². The molecule has 1 heterocycles. The quantitative estimate of drug-likeness (QED) is 0.645. The van der Waals surface area contributed by atoms with E-state index in [1.165, 1.54) is 26.4 Å². The van der Waals surface area contributed by atoms with Gasteiger partial charge in [0.2, 0.25) is 10.0 Å². The van der Waals surface area contributed by atoms with E-state index in [0.29, 0.717) is 16.1 Å². The van der Waals surface area contributed by atoms with E-state index in [4.69, 9.17) is 21.1 Å². The number of aromatic nitrogens is 1. The van der Waals surface area contributed by atoms with E-state index in [1.54, 1.807) is 18.2 Å². The molecule has 0 saturated carbocycles. The predicted molar refractivity (Wildman–Crippen MR) is 79.7 cm³/mol. The average molecular weight is 331 g/mol. The third-order valence-electron chi connectivity index (χ3n) is 2.90. The Morgan fingerprint density at radius 2 is 1.95 bits per heavy atom. The number of halogens is 1. The lowest BCUT2D eigenvalue weighted by molar-refractivity contribution is -0.0960. The normalized spacial score (nSPS) is 12.2. The summed E-state index contributed by atoms with van der Waals surface area (Å²) >= 11 is 5.80. The van der Waals surface area contributed by atoms with Crippen LogP contribution in [0.1, 0.15) is 0 Å². The molecular weight excluding hydrogens is 316 g/mol. The van der Waals surface area contributed by atoms with Gasteiger partial charge in [-0.25, -0.2) is 18.1 Å². The van der Waals surface area contributed by atoms with Crippen LogP contribution < -0.4 is 4.72 Å². The smallest absolute Gasteiger partial charge is 0.240 e. The van der Waals surface area contributed by atoms with Gasteiger partial charge >= 0.3 is 0 Å². The lowest BCUT2D eigenvalue weighted by Crippen LogP contribution is -2.34. The van der Waals surface area contributed by atoms with Gasteiger partial charge in [-0.3, -0.25) is 0 Å². The highest BCUT2D eigenvalue weighted by molar-refractivity contribution is 7.89. The van der Waals surface area contributed by atoms with Crippen LogP contribution in [0.25, 0.3) is 10.9 Å². The van der Waals surface area contributed by atoms with E-state index in [0.717, 1.165) is 0 Å². The molecule has 8 heteroatoms. The molecule has 0 spiro atoms. The van der Waals surface area contributed by atoms with Crippen LogP contribution in [0.4, 0.5) is 0 Å². The van der Waals surface area contributed by atoms with Crippen molar-refractivity contribution >= 4 is 32.5 Å². The van der Waals surface area contributed by atoms with Gasteiger partial charge in [0, 0.05) is 19.6 Å². The van der Waals surface area contributed by atoms with Crippen LogP contribution in [0, 0.1) is 0 Å². The molecule has 0 aliphatic heterocycles. The summed E-state index contributed by atoms with van der Waals surface area (Å²) in [5.74, 6) is 0. The van der Waals surface area contributed by atoms with Crippen molar-refractivity contribution in [3.63, 3.8) is 0 Å². The Morgan fingerprint density at radius 1 is 1.24 bits per heavy atom. The Kier molecular flexibility index (Phi) is 5.13. The Hall–Kier alpha value is -1.25. The van der Waals surface area contributed by atoms with Gasteiger partial charge in [-0.2, -0.15) is 0 Å². The molecule has 0 bridgehead atoms. The second kappa shape index (κ2) is 6.67. The molecule has 2 aromatic rings. The summed E-state index contributed by atoms with van der Waals surface area (Å²) in [6, 6.07) is 7.95. The maximum Gasteiger partial charge on any atom is 0.240 e. The van der Waals surface area contributed by atoms with Crippen molar-refractivity contribution in [1.29, 1.82) is 0 Å². The van der Waals surface area contributed by atoms with Crippen LogP contribution in [0.2, 0.25) is 5.15 Å². The number of nitrogens with zero attached hydrogens (tertiary/aromatic N) is 1. The van der Waals surface area contributed by atoms with E-state index >= 15 is 0 Å². The Labute approximate surface area is 128 Å². The molecule has 6 nitrogen and oxygen atoms in total. The lowest BCUT2D eigenvalue weighted by Gasteiger charge is -2.14. The molecule has 1 aromatic carbocycles. The summed E-state index contributed by atoms with van der Waals surface area (Å²) in [7, 11) is -0.771. The van der Waals surface area contributed by atoms with Crippen molar-refractivity contribution in [1.82, 2.24) is 9.71 Å². The van der Waals surface area contributed by atoms with Gasteiger partial charge in [0.15, 0.2) is 6.29 Å². The molecule has 21 heavy (non-hydrogen) atoms. The highest BCUT2D eigenvalue weighted by atomic mass is 35.5. The Morgan fingerprint density at radius 3 is 2.62 bits per heavy atom. The van der Waals surface area contributed by atoms with Crippen LogP contribution in [-0.2, 0) is 19.5 Å². The third-order valence-corrected chi connectivity index (χ3v) is 4.53. The average Bonchev–Trinajstić information content (AvgIpc) is 2.47. The molecule has 0 aliphatic rings. The summed E-state index contributed by atoms with van der Waals surface area (Å²) in [6.07, 6.45) is -0.638. The first-order chi connectivity index (χ1) is 9.96. The second-order valence-corrected chi connectivity index (χ2v) is 6.40. The van der Waals surface area contributed by atoms with E-state index in [-0.39, 0.29) is 11.4 Å². The molecule has 0 atom stereocenters. The number of sulfonamides is 1. The number of fused-ring (bicyclic) bond motifs is 1. The minimum Gasteiger partial charge on any atom is -0.355 e. The van der Waals surface area contributed by atoms with Crippen molar-refractivity contribution in [2.24, 2.45) is 0 Å². The van der Waals surface area contributed by atoms with E-state index in [1.807, 2.05) is 0 Å². The molecule has 0 unspecified atom stereocenters. The maximum atomic E-state index is 12.2. The molecule has 0 fully saturated rings. The molecule has 1 N–H and O–H groups in total. The highest BCUT2D eigenvalue weighted by Gasteiger charge is 2.17. The number of ether oxygens (including phenoxy) is 2. The van der Waals surface area contributed by atoms with E-state index in [9.17, 15) is 8.42 Å². The van der Waals surface area contributed by atoms with Crippen molar-refractivity contribution in [3.8, 4) is 0 Å². The lowest BCUT2D eigenvalue weighted by atomic mass is 10.2. The van der Waals surface area contributed by atoms with E-state index in [2.05, 4.69) is 9.71 Å². The van der Waals surface area contributed by atoms with Crippen molar-refractivity contribution in [2.75, 3.05) is 20.8 Å². The summed E-state index contributed by atoms with van der Waals surface area (Å²) < 4.78 is 36.7. The van der Waals surface area contributed by atoms with Gasteiger partial charge in [-0.15, -0.1) is 0 Å². The molecule has 114 valence electrons. The van der Waals surface area contributed by atoms with Gasteiger partial charge in [-0.1, -0.05) is 11.6 Å². The van der Waals surface area contributed by atoms with Crippen LogP contribution in [-0.4, -0.2) is 40.5 Å². The van der Waals surface area contributed by atoms with Crippen LogP contribution in [0.5, 0.6) is 0 Å². The fraction of sp³-hybridized carbons (Fsp3) is 0.308. The zero-order valence-electron chi connectivity index (χ0n) is 11.5. The molecule has 0 aliphatic carbocycles. The van der Waals surface area contributed by atoms with Crippen molar-refractivity contribution in [3.05, 3.63) is 35.5 Å². The van der Waals surface area contributed by atoms with Crippen LogP contribution in [0.3, 0.4) is 0 Å². The topological polar surface area (TPSA) is 77.5 Å². The zero-order valence-corrected chi connectivity index (χ0v) is 13.1. The van der Waals surface area contributed by atoms with Crippen molar-refractivity contribution < 1.29 is 17.9 Å². The number of methoxy groups -OCH3 is 2. The van der Waals surface area contributed by atoms with Gasteiger partial charge < -0.3 is 9.47 Å². The number of benzene rings is 1. The number of rotatable bonds is 6. The number of hydrogen-bond acceptors (Lipinski definition) is 5. The zero-order chi connectivity index (χ0) is 15.5. The summed E-state index contributed by atoms with van der Waals surface area (Å²) in [5, 5.41) is 1.05. The fourth-order valence-corrected chi connectivity index (χ4v) is 2.98. The molecule has 0 radical (unpaired) electrons. The standard InChI is InChI=1S/C13H15ClN2O4S/c1-19-13(20-2)8-15-21(17,18)10-4-5-11-9(7-10)3-6-12(14)16-11/h3-7,13,15H,8H2,1-2H3. The minimum absolute atomic E-state index is 0.0201. The maximum absolute atomic E-state index is 12.2. The number of nitrogens with one attached hydrogen (secondary N) is 1. The van der Waals surface area contributed by atoms with E-state index < -0.39 is 16.3 Å². The fourth-order valence-electron chi connectivity index (χ4n) is 1.77. The summed E-state index contributed by atoms with van der Waals surface area (Å²) in [5.41, 5.74) is 0.633. The van der Waals surface area contributed by atoms with Gasteiger partial charge in [-0.05, 0) is 30.3 Å². The first-order valence-electron chi connectivity index (χ1n) is 6.08. The van der Waals surface area contributed by atoms with Crippen molar-refractivity contribution in [2.45, 2.75) is 11.2 Å². The number of hydrogen-bond donors (Lipinski definition) is 1. The highest BCUT2D eigenvalue weighted by Crippen LogP contribution is 2.19. The molecule has 2 rings (SSSR count). The Bertz CT molecular complexity index is 732. The largest absolute Gasteiger partial charge is 0.355 e. The molecule has 0 amide bonds. The van der Waals surface area contributed by atoms with Gasteiger partial charge in [0.1, 0.15) is 5.15 Å². The monoisotopic (exact) mass is 330 g/mol. The first kappa shape index (κ1) is 16.1. The van der Waals surface area contributed by atoms with Gasteiger partial charge in [0.05, 0.1) is 17.0 Å². The summed E-state index contributed by atoms with van der Waals surface area (Å²) in [4.78, 5) is 4.25. The summed E-state index contributed by atoms with van der Waals surface area (Å²) in [6.45, 7) is 0.0201. The SMILES string of the molecule is COC(CNS(=O)(=O)c1ccc2nc(Cl)ccc2c1)OC. The third kappa shape index (κ3) is 3.90. The Balaban J connectivity index is 2.25. The predicted octanol–water partition coefficient (Wildman–Crippen LogP) is 1.79. The first-order valence-corrected chi connectivity index (χ1v) is 7.94. The molecule has 1 aromatic heterocycles. The van der Waals surface area contributed by atoms with Gasteiger partial charge in [0.25, 0.3) is 0 Å². The molecule has 0 saturated heterocycles. The second-order valence-electron chi connectivity index (χ2n) is 4.24.